The molecule has 0 radical (unpaired) electrons. The van der Waals surface area contributed by atoms with Crippen LogP contribution >= 0.6 is 11.6 Å². The summed E-state index contributed by atoms with van der Waals surface area (Å²) in [6, 6.07) is 5.16. The number of hydrogen-bond acceptors (Lipinski definition) is 4. The number of rotatable bonds is 3. The van der Waals surface area contributed by atoms with E-state index in [4.69, 9.17) is 16.3 Å². The molecule has 0 aromatic heterocycles. The number of nitrogens with zero attached hydrogens (tertiary/aromatic N) is 2. The van der Waals surface area contributed by atoms with Crippen LogP contribution in [0.5, 0.6) is 0 Å². The number of nitro benzene ring substituents is 1. The molecule has 1 saturated heterocycles. The van der Waals surface area contributed by atoms with Crippen molar-refractivity contribution in [2.75, 3.05) is 24.7 Å². The summed E-state index contributed by atoms with van der Waals surface area (Å²) in [5, 5.41) is 11.2. The molecule has 0 N–H and O–H groups in total. The van der Waals surface area contributed by atoms with Crippen LogP contribution < -0.4 is 4.90 Å². The van der Waals surface area contributed by atoms with E-state index in [-0.39, 0.29) is 22.0 Å². The van der Waals surface area contributed by atoms with Crippen molar-refractivity contribution in [3.8, 4) is 0 Å². The van der Waals surface area contributed by atoms with Gasteiger partial charge >= 0.3 is 0 Å². The summed E-state index contributed by atoms with van der Waals surface area (Å²) in [6.45, 7) is 5.82. The molecule has 0 amide bonds. The van der Waals surface area contributed by atoms with E-state index in [0.29, 0.717) is 25.4 Å². The van der Waals surface area contributed by atoms with Crippen LogP contribution in [0.15, 0.2) is 18.2 Å². The Labute approximate surface area is 117 Å². The summed E-state index contributed by atoms with van der Waals surface area (Å²) in [4.78, 5) is 12.9. The van der Waals surface area contributed by atoms with E-state index in [0.717, 1.165) is 5.56 Å². The van der Waals surface area contributed by atoms with E-state index in [1.807, 2.05) is 24.8 Å². The molecular weight excluding hydrogens is 268 g/mol. The first-order valence-electron chi connectivity index (χ1n) is 6.14. The summed E-state index contributed by atoms with van der Waals surface area (Å²) in [5.74, 6) is 0.271. The molecule has 0 saturated carbocycles. The number of nitro groups is 1. The number of ether oxygens (including phenoxy) is 1. The third-order valence-electron chi connectivity index (χ3n) is 3.33. The summed E-state index contributed by atoms with van der Waals surface area (Å²) in [5.41, 5.74) is 1.23. The number of halogens is 1. The average molecular weight is 285 g/mol. The lowest BCUT2D eigenvalue weighted by Crippen LogP contribution is -2.53. The molecule has 0 aliphatic carbocycles. The van der Waals surface area contributed by atoms with Gasteiger partial charge in [-0.05, 0) is 25.5 Å². The summed E-state index contributed by atoms with van der Waals surface area (Å²) < 4.78 is 5.45. The van der Waals surface area contributed by atoms with Gasteiger partial charge in [0.2, 0.25) is 0 Å². The van der Waals surface area contributed by atoms with Crippen LogP contribution in [0.4, 0.5) is 11.4 Å². The molecule has 6 heteroatoms. The topological polar surface area (TPSA) is 55.6 Å². The van der Waals surface area contributed by atoms with E-state index in [1.54, 1.807) is 12.1 Å². The molecule has 1 aliphatic heterocycles. The van der Waals surface area contributed by atoms with Crippen molar-refractivity contribution >= 4 is 23.0 Å². The standard InChI is InChI=1S/C13H17ClN2O3/c1-13(2)9-19-6-5-15(13)11-4-3-10(8-14)7-12(11)16(17)18/h3-4,7H,5-6,8-9H2,1-2H3. The van der Waals surface area contributed by atoms with E-state index < -0.39 is 0 Å². The Morgan fingerprint density at radius 3 is 2.84 bits per heavy atom. The highest BCUT2D eigenvalue weighted by Crippen LogP contribution is 2.35. The molecule has 0 atom stereocenters. The van der Waals surface area contributed by atoms with Crippen molar-refractivity contribution in [3.05, 3.63) is 33.9 Å². The lowest BCUT2D eigenvalue weighted by atomic mass is 10.0. The number of alkyl halides is 1. The fourth-order valence-corrected chi connectivity index (χ4v) is 2.50. The van der Waals surface area contributed by atoms with Gasteiger partial charge in [-0.2, -0.15) is 0 Å². The van der Waals surface area contributed by atoms with Crippen LogP contribution in [0.25, 0.3) is 0 Å². The minimum atomic E-state index is -0.350. The molecule has 1 heterocycles. The lowest BCUT2D eigenvalue weighted by Gasteiger charge is -2.43. The van der Waals surface area contributed by atoms with Crippen LogP contribution in [-0.4, -0.2) is 30.2 Å². The zero-order valence-corrected chi connectivity index (χ0v) is 11.8. The molecule has 0 unspecified atom stereocenters. The summed E-state index contributed by atoms with van der Waals surface area (Å²) in [6.07, 6.45) is 0. The predicted molar refractivity (Wildman–Crippen MR) is 74.9 cm³/mol. The maximum absolute atomic E-state index is 11.2. The Bertz CT molecular complexity index is 491. The van der Waals surface area contributed by atoms with Gasteiger partial charge < -0.3 is 9.64 Å². The van der Waals surface area contributed by atoms with Crippen molar-refractivity contribution in [2.45, 2.75) is 25.3 Å². The van der Waals surface area contributed by atoms with Crippen molar-refractivity contribution in [1.29, 1.82) is 0 Å². The number of anilines is 1. The van der Waals surface area contributed by atoms with Crippen LogP contribution in [-0.2, 0) is 10.6 Å². The maximum atomic E-state index is 11.2. The first kappa shape index (κ1) is 14.1. The van der Waals surface area contributed by atoms with Gasteiger partial charge in [0.1, 0.15) is 5.69 Å². The van der Waals surface area contributed by atoms with Gasteiger partial charge in [-0.3, -0.25) is 10.1 Å². The molecule has 19 heavy (non-hydrogen) atoms. The second kappa shape index (κ2) is 5.35. The molecule has 1 aromatic rings. The zero-order valence-electron chi connectivity index (χ0n) is 11.1. The van der Waals surface area contributed by atoms with Crippen molar-refractivity contribution in [3.63, 3.8) is 0 Å². The van der Waals surface area contributed by atoms with Crippen molar-refractivity contribution in [2.24, 2.45) is 0 Å². The van der Waals surface area contributed by atoms with Gasteiger partial charge in [-0.15, -0.1) is 11.6 Å². The second-order valence-electron chi connectivity index (χ2n) is 5.23. The summed E-state index contributed by atoms with van der Waals surface area (Å²) in [7, 11) is 0. The van der Waals surface area contributed by atoms with Crippen molar-refractivity contribution < 1.29 is 9.66 Å². The van der Waals surface area contributed by atoms with Gasteiger partial charge in [0, 0.05) is 18.5 Å². The number of morpholine rings is 1. The van der Waals surface area contributed by atoms with E-state index in [1.165, 1.54) is 0 Å². The molecule has 0 bridgehead atoms. The highest BCUT2D eigenvalue weighted by molar-refractivity contribution is 6.17. The van der Waals surface area contributed by atoms with Gasteiger partial charge in [0.25, 0.3) is 5.69 Å². The molecule has 0 spiro atoms. The minimum Gasteiger partial charge on any atom is -0.377 e. The Hall–Kier alpha value is -1.33. The zero-order chi connectivity index (χ0) is 14.0. The van der Waals surface area contributed by atoms with Gasteiger partial charge in [0.05, 0.1) is 23.7 Å². The Morgan fingerprint density at radius 1 is 1.53 bits per heavy atom. The fraction of sp³-hybridized carbons (Fsp3) is 0.538. The first-order valence-corrected chi connectivity index (χ1v) is 6.68. The van der Waals surface area contributed by atoms with E-state index >= 15 is 0 Å². The predicted octanol–water partition coefficient (Wildman–Crippen LogP) is 2.95. The average Bonchev–Trinajstić information content (AvgIpc) is 2.37. The second-order valence-corrected chi connectivity index (χ2v) is 5.50. The smallest absolute Gasteiger partial charge is 0.292 e. The SMILES string of the molecule is CC1(C)COCCN1c1ccc(CCl)cc1[N+](=O)[O-]. The third kappa shape index (κ3) is 2.82. The van der Waals surface area contributed by atoms with E-state index in [2.05, 4.69) is 0 Å². The van der Waals surface area contributed by atoms with Gasteiger partial charge in [-0.25, -0.2) is 0 Å². The molecule has 1 fully saturated rings. The van der Waals surface area contributed by atoms with Gasteiger partial charge in [0.15, 0.2) is 0 Å². The Morgan fingerprint density at radius 2 is 2.26 bits per heavy atom. The van der Waals surface area contributed by atoms with Crippen LogP contribution in [0.2, 0.25) is 0 Å². The Balaban J connectivity index is 2.46. The highest BCUT2D eigenvalue weighted by atomic mass is 35.5. The molecule has 1 aliphatic rings. The normalized spacial score (nSPS) is 18.4. The summed E-state index contributed by atoms with van der Waals surface area (Å²) >= 11 is 5.74. The first-order chi connectivity index (χ1) is 8.95. The van der Waals surface area contributed by atoms with Crippen LogP contribution in [0.1, 0.15) is 19.4 Å². The van der Waals surface area contributed by atoms with Crippen molar-refractivity contribution in [1.82, 2.24) is 0 Å². The fourth-order valence-electron chi connectivity index (χ4n) is 2.33. The molecule has 2 rings (SSSR count). The minimum absolute atomic E-state index is 0.105. The number of hydrogen-bond donors (Lipinski definition) is 0. The van der Waals surface area contributed by atoms with Crippen LogP contribution in [0.3, 0.4) is 0 Å². The van der Waals surface area contributed by atoms with Gasteiger partial charge in [-0.1, -0.05) is 6.07 Å². The molecule has 5 nitrogen and oxygen atoms in total. The molecule has 1 aromatic carbocycles. The monoisotopic (exact) mass is 284 g/mol. The molecule has 104 valence electrons. The van der Waals surface area contributed by atoms with E-state index in [9.17, 15) is 10.1 Å². The third-order valence-corrected chi connectivity index (χ3v) is 3.64. The largest absolute Gasteiger partial charge is 0.377 e. The molecular formula is C13H17ClN2O3. The number of benzene rings is 1. The quantitative estimate of drug-likeness (QED) is 0.486. The Kier molecular flexibility index (Phi) is 3.96. The lowest BCUT2D eigenvalue weighted by molar-refractivity contribution is -0.384. The maximum Gasteiger partial charge on any atom is 0.292 e. The van der Waals surface area contributed by atoms with Crippen LogP contribution in [0, 0.1) is 10.1 Å². The highest BCUT2D eigenvalue weighted by Gasteiger charge is 2.34.